The minimum absolute atomic E-state index is 0.160. The molecule has 0 bridgehead atoms. The van der Waals surface area contributed by atoms with Gasteiger partial charge in [-0.15, -0.1) is 0 Å². The van der Waals surface area contributed by atoms with Gasteiger partial charge in [-0.25, -0.2) is 4.98 Å². The number of rotatable bonds is 9. The van der Waals surface area contributed by atoms with Gasteiger partial charge in [0.15, 0.2) is 10.7 Å². The predicted octanol–water partition coefficient (Wildman–Crippen LogP) is 4.87. The number of hydrogen-bond donors (Lipinski definition) is 0. The maximum absolute atomic E-state index is 13.9. The number of ether oxygens (including phenoxy) is 3. The summed E-state index contributed by atoms with van der Waals surface area (Å²) in [6, 6.07) is 12.9. The van der Waals surface area contributed by atoms with E-state index in [0.29, 0.717) is 42.3 Å². The molecular formula is C25H30ClN3O4S. The Bertz CT molecular complexity index is 1110. The van der Waals surface area contributed by atoms with Gasteiger partial charge < -0.3 is 14.2 Å². The van der Waals surface area contributed by atoms with Crippen LogP contribution in [0.5, 0.6) is 11.5 Å². The highest BCUT2D eigenvalue weighted by molar-refractivity contribution is 7.22. The first-order valence-corrected chi connectivity index (χ1v) is 12.7. The highest BCUT2D eigenvalue weighted by atomic mass is 35.5. The molecule has 1 aliphatic heterocycles. The zero-order valence-corrected chi connectivity index (χ0v) is 21.3. The Kier molecular flexibility index (Phi) is 7.93. The third-order valence-corrected chi connectivity index (χ3v) is 6.89. The Hall–Kier alpha value is -2.39. The van der Waals surface area contributed by atoms with Gasteiger partial charge in [0.25, 0.3) is 5.91 Å². The molecule has 1 amide bonds. The van der Waals surface area contributed by atoms with Crippen molar-refractivity contribution in [2.45, 2.75) is 26.4 Å². The van der Waals surface area contributed by atoms with Crippen molar-refractivity contribution >= 4 is 44.2 Å². The smallest absolute Gasteiger partial charge is 0.272 e. The minimum atomic E-state index is -1.11. The maximum Gasteiger partial charge on any atom is 0.272 e. The van der Waals surface area contributed by atoms with Crippen molar-refractivity contribution in [2.75, 3.05) is 50.9 Å². The predicted molar refractivity (Wildman–Crippen MR) is 137 cm³/mol. The molecule has 1 aromatic heterocycles. The van der Waals surface area contributed by atoms with Gasteiger partial charge in [-0.2, -0.15) is 0 Å². The van der Waals surface area contributed by atoms with E-state index in [9.17, 15) is 4.79 Å². The largest absolute Gasteiger partial charge is 0.492 e. The average Bonchev–Trinajstić information content (AvgIpc) is 3.26. The van der Waals surface area contributed by atoms with E-state index in [1.54, 1.807) is 43.0 Å². The SMILES string of the molecule is CCOc1cccc2sc(N(CCN3CCOCC3)C(=O)C(C)(C)Oc3ccc(Cl)cc3)nc12. The highest BCUT2D eigenvalue weighted by Gasteiger charge is 2.36. The van der Waals surface area contributed by atoms with E-state index in [2.05, 4.69) is 4.90 Å². The molecule has 0 spiro atoms. The third kappa shape index (κ3) is 5.81. The van der Waals surface area contributed by atoms with E-state index >= 15 is 0 Å². The molecule has 0 aliphatic carbocycles. The number of carbonyl (C=O) groups excluding carboxylic acids is 1. The van der Waals surface area contributed by atoms with Gasteiger partial charge in [0.05, 0.1) is 24.5 Å². The molecule has 1 fully saturated rings. The summed E-state index contributed by atoms with van der Waals surface area (Å²) in [6.07, 6.45) is 0. The molecule has 34 heavy (non-hydrogen) atoms. The van der Waals surface area contributed by atoms with Crippen LogP contribution in [0.15, 0.2) is 42.5 Å². The fraction of sp³-hybridized carbons (Fsp3) is 0.440. The molecule has 0 N–H and O–H groups in total. The zero-order valence-electron chi connectivity index (χ0n) is 19.8. The number of para-hydroxylation sites is 1. The van der Waals surface area contributed by atoms with Crippen LogP contribution in [-0.4, -0.2) is 67.4 Å². The molecule has 3 aromatic rings. The second kappa shape index (κ2) is 10.9. The summed E-state index contributed by atoms with van der Waals surface area (Å²) >= 11 is 7.49. The Morgan fingerprint density at radius 1 is 1.21 bits per heavy atom. The van der Waals surface area contributed by atoms with Crippen LogP contribution >= 0.6 is 22.9 Å². The zero-order chi connectivity index (χ0) is 24.1. The van der Waals surface area contributed by atoms with Crippen molar-refractivity contribution in [3.8, 4) is 11.5 Å². The van der Waals surface area contributed by atoms with Crippen LogP contribution in [0.2, 0.25) is 5.02 Å². The monoisotopic (exact) mass is 503 g/mol. The van der Waals surface area contributed by atoms with Crippen molar-refractivity contribution in [2.24, 2.45) is 0 Å². The van der Waals surface area contributed by atoms with Crippen LogP contribution in [0.1, 0.15) is 20.8 Å². The van der Waals surface area contributed by atoms with Gasteiger partial charge in [-0.3, -0.25) is 14.6 Å². The lowest BCUT2D eigenvalue weighted by Crippen LogP contribution is -2.51. The number of nitrogens with zero attached hydrogens (tertiary/aromatic N) is 3. The summed E-state index contributed by atoms with van der Waals surface area (Å²) in [5.74, 6) is 1.14. The number of anilines is 1. The normalized spacial score (nSPS) is 14.8. The first kappa shape index (κ1) is 24.7. The number of halogens is 1. The Balaban J connectivity index is 1.62. The minimum Gasteiger partial charge on any atom is -0.492 e. The number of aromatic nitrogens is 1. The number of fused-ring (bicyclic) bond motifs is 1. The molecule has 0 saturated carbocycles. The van der Waals surface area contributed by atoms with Crippen molar-refractivity contribution in [1.82, 2.24) is 9.88 Å². The fourth-order valence-corrected chi connectivity index (χ4v) is 4.95. The lowest BCUT2D eigenvalue weighted by atomic mass is 10.1. The maximum atomic E-state index is 13.9. The topological polar surface area (TPSA) is 64.1 Å². The fourth-order valence-electron chi connectivity index (χ4n) is 3.82. The second-order valence-corrected chi connectivity index (χ2v) is 9.95. The lowest BCUT2D eigenvalue weighted by molar-refractivity contribution is -0.131. The van der Waals surface area contributed by atoms with Crippen LogP contribution < -0.4 is 14.4 Å². The van der Waals surface area contributed by atoms with E-state index in [1.165, 1.54) is 11.3 Å². The van der Waals surface area contributed by atoms with Crippen molar-refractivity contribution < 1.29 is 19.0 Å². The number of hydrogen-bond acceptors (Lipinski definition) is 7. The number of morpholine rings is 1. The van der Waals surface area contributed by atoms with Crippen LogP contribution in [0, 0.1) is 0 Å². The summed E-state index contributed by atoms with van der Waals surface area (Å²) in [4.78, 5) is 22.7. The van der Waals surface area contributed by atoms with Crippen molar-refractivity contribution in [1.29, 1.82) is 0 Å². The van der Waals surface area contributed by atoms with Crippen molar-refractivity contribution in [3.63, 3.8) is 0 Å². The molecule has 0 radical (unpaired) electrons. The summed E-state index contributed by atoms with van der Waals surface area (Å²) in [6.45, 7) is 10.4. The Labute approximate surface area is 209 Å². The molecule has 1 aliphatic rings. The molecule has 0 unspecified atom stereocenters. The van der Waals surface area contributed by atoms with Gasteiger partial charge in [0, 0.05) is 31.2 Å². The summed E-state index contributed by atoms with van der Waals surface area (Å²) in [5, 5.41) is 1.25. The number of carbonyl (C=O) groups is 1. The van der Waals surface area contributed by atoms with Gasteiger partial charge >= 0.3 is 0 Å². The Morgan fingerprint density at radius 2 is 1.94 bits per heavy atom. The van der Waals surface area contributed by atoms with Gasteiger partial charge in [0.1, 0.15) is 17.0 Å². The van der Waals surface area contributed by atoms with E-state index in [0.717, 1.165) is 35.6 Å². The molecule has 182 valence electrons. The third-order valence-electron chi connectivity index (χ3n) is 5.59. The standard InChI is InChI=1S/C25H30ClN3O4S/c1-4-32-20-6-5-7-21-22(20)27-24(34-21)29(13-12-28-14-16-31-17-15-28)23(30)25(2,3)33-19-10-8-18(26)9-11-19/h5-11H,4,12-17H2,1-3H3. The molecule has 1 saturated heterocycles. The van der Waals surface area contributed by atoms with E-state index in [1.807, 2.05) is 25.1 Å². The lowest BCUT2D eigenvalue weighted by Gasteiger charge is -2.33. The summed E-state index contributed by atoms with van der Waals surface area (Å²) in [7, 11) is 0. The molecule has 2 aromatic carbocycles. The Morgan fingerprint density at radius 3 is 2.65 bits per heavy atom. The van der Waals surface area contributed by atoms with E-state index in [4.69, 9.17) is 30.8 Å². The van der Waals surface area contributed by atoms with Crippen LogP contribution in [0.3, 0.4) is 0 Å². The van der Waals surface area contributed by atoms with Crippen LogP contribution in [0.4, 0.5) is 5.13 Å². The number of thiazole rings is 1. The van der Waals surface area contributed by atoms with E-state index in [-0.39, 0.29) is 5.91 Å². The van der Waals surface area contributed by atoms with Gasteiger partial charge in [0.2, 0.25) is 0 Å². The van der Waals surface area contributed by atoms with Crippen molar-refractivity contribution in [3.05, 3.63) is 47.5 Å². The molecule has 2 heterocycles. The summed E-state index contributed by atoms with van der Waals surface area (Å²) in [5.41, 5.74) is -0.343. The summed E-state index contributed by atoms with van der Waals surface area (Å²) < 4.78 is 18.3. The molecule has 0 atom stereocenters. The van der Waals surface area contributed by atoms with Crippen LogP contribution in [-0.2, 0) is 9.53 Å². The molecule has 7 nitrogen and oxygen atoms in total. The highest BCUT2D eigenvalue weighted by Crippen LogP contribution is 2.35. The average molecular weight is 504 g/mol. The van der Waals surface area contributed by atoms with Crippen LogP contribution in [0.25, 0.3) is 10.2 Å². The number of amides is 1. The van der Waals surface area contributed by atoms with Gasteiger partial charge in [-0.05, 0) is 57.2 Å². The quantitative estimate of drug-likeness (QED) is 0.415. The first-order chi connectivity index (χ1) is 16.4. The number of benzene rings is 2. The second-order valence-electron chi connectivity index (χ2n) is 8.51. The molecular weight excluding hydrogens is 474 g/mol. The van der Waals surface area contributed by atoms with Gasteiger partial charge in [-0.1, -0.05) is 29.0 Å². The molecule has 9 heteroatoms. The molecule has 4 rings (SSSR count). The van der Waals surface area contributed by atoms with E-state index < -0.39 is 5.60 Å². The first-order valence-electron chi connectivity index (χ1n) is 11.5.